The Balaban J connectivity index is 1.84. The molecule has 1 amide bonds. The van der Waals surface area contributed by atoms with Crippen LogP contribution in [0.25, 0.3) is 15.3 Å². The Morgan fingerprint density at radius 1 is 1.31 bits per heavy atom. The second-order valence-corrected chi connectivity index (χ2v) is 7.14. The zero-order valence-electron chi connectivity index (χ0n) is 14.9. The number of nitrogens with zero attached hydrogens (tertiary/aromatic N) is 2. The number of ether oxygens (including phenoxy) is 1. The molecule has 26 heavy (non-hydrogen) atoms. The Labute approximate surface area is 155 Å². The predicted molar refractivity (Wildman–Crippen MR) is 102 cm³/mol. The van der Waals surface area contributed by atoms with Crippen LogP contribution in [0.3, 0.4) is 0 Å². The highest BCUT2D eigenvalue weighted by molar-refractivity contribution is 7.20. The average Bonchev–Trinajstić information content (AvgIpc) is 3.32. The molecular formula is C19H21N3O3S. The molecule has 0 aliphatic carbocycles. The van der Waals surface area contributed by atoms with Gasteiger partial charge in [0.15, 0.2) is 5.13 Å². The molecule has 136 valence electrons. The highest BCUT2D eigenvalue weighted by atomic mass is 32.1. The van der Waals surface area contributed by atoms with Gasteiger partial charge >= 0.3 is 5.97 Å². The van der Waals surface area contributed by atoms with Crippen molar-refractivity contribution in [3.05, 3.63) is 48.3 Å². The fourth-order valence-corrected chi connectivity index (χ4v) is 3.62. The Hall–Kier alpha value is -2.67. The van der Waals surface area contributed by atoms with Crippen LogP contribution in [-0.2, 0) is 9.53 Å². The lowest BCUT2D eigenvalue weighted by Crippen LogP contribution is -2.45. The summed E-state index contributed by atoms with van der Waals surface area (Å²) < 4.78 is 7.67. The van der Waals surface area contributed by atoms with Crippen molar-refractivity contribution in [2.75, 3.05) is 7.11 Å². The third-order valence-corrected chi connectivity index (χ3v) is 5.45. The van der Waals surface area contributed by atoms with E-state index in [4.69, 9.17) is 4.74 Å². The molecule has 2 heterocycles. The van der Waals surface area contributed by atoms with Crippen LogP contribution in [0.15, 0.2) is 42.7 Å². The number of rotatable bonds is 6. The summed E-state index contributed by atoms with van der Waals surface area (Å²) in [6.07, 6.45) is 4.62. The molecule has 0 aliphatic rings. The van der Waals surface area contributed by atoms with Crippen molar-refractivity contribution in [3.63, 3.8) is 0 Å². The van der Waals surface area contributed by atoms with Gasteiger partial charge in [0.05, 0.1) is 17.3 Å². The number of hydrogen-bond acceptors (Lipinski definition) is 5. The van der Waals surface area contributed by atoms with E-state index in [9.17, 15) is 9.59 Å². The second-order valence-electron chi connectivity index (χ2n) is 6.13. The molecule has 2 aromatic heterocycles. The summed E-state index contributed by atoms with van der Waals surface area (Å²) in [6, 6.07) is 8.57. The van der Waals surface area contributed by atoms with Gasteiger partial charge < -0.3 is 14.6 Å². The van der Waals surface area contributed by atoms with Crippen LogP contribution >= 0.6 is 11.3 Å². The molecule has 3 aromatic rings. The molecule has 0 fully saturated rings. The summed E-state index contributed by atoms with van der Waals surface area (Å²) in [5.74, 6) is -0.737. The third kappa shape index (κ3) is 3.62. The molecule has 1 aromatic carbocycles. The minimum Gasteiger partial charge on any atom is -0.467 e. The molecule has 6 nitrogen and oxygen atoms in total. The van der Waals surface area contributed by atoms with E-state index in [2.05, 4.69) is 10.3 Å². The van der Waals surface area contributed by atoms with Gasteiger partial charge in [-0.25, -0.2) is 9.78 Å². The zero-order chi connectivity index (χ0) is 18.7. The van der Waals surface area contributed by atoms with Gasteiger partial charge in [0.2, 0.25) is 0 Å². The van der Waals surface area contributed by atoms with Crippen molar-refractivity contribution >= 4 is 33.4 Å². The third-order valence-electron chi connectivity index (χ3n) is 4.42. The summed E-state index contributed by atoms with van der Waals surface area (Å²) >= 11 is 1.51. The second kappa shape index (κ2) is 7.70. The maximum absolute atomic E-state index is 12.6. The molecule has 0 unspecified atom stereocenters. The van der Waals surface area contributed by atoms with Gasteiger partial charge in [-0.2, -0.15) is 0 Å². The quantitative estimate of drug-likeness (QED) is 0.674. The number of carbonyl (C=O) groups excluding carboxylic acids is 2. The van der Waals surface area contributed by atoms with E-state index in [1.807, 2.05) is 49.0 Å². The first-order chi connectivity index (χ1) is 12.5. The molecule has 2 atom stereocenters. The molecule has 0 radical (unpaired) electrons. The number of methoxy groups -OCH3 is 1. The Morgan fingerprint density at radius 3 is 2.69 bits per heavy atom. The average molecular weight is 371 g/mol. The molecule has 0 spiro atoms. The van der Waals surface area contributed by atoms with Crippen molar-refractivity contribution in [1.29, 1.82) is 0 Å². The molecule has 0 saturated carbocycles. The van der Waals surface area contributed by atoms with E-state index in [1.165, 1.54) is 18.4 Å². The van der Waals surface area contributed by atoms with Crippen molar-refractivity contribution in [1.82, 2.24) is 14.9 Å². The summed E-state index contributed by atoms with van der Waals surface area (Å²) in [5.41, 5.74) is 1.33. The smallest absolute Gasteiger partial charge is 0.328 e. The van der Waals surface area contributed by atoms with E-state index in [0.717, 1.165) is 21.8 Å². The van der Waals surface area contributed by atoms with Crippen molar-refractivity contribution in [3.8, 4) is 5.13 Å². The van der Waals surface area contributed by atoms with E-state index in [1.54, 1.807) is 12.1 Å². The van der Waals surface area contributed by atoms with Crippen LogP contribution in [0.4, 0.5) is 0 Å². The van der Waals surface area contributed by atoms with Crippen molar-refractivity contribution in [2.24, 2.45) is 5.92 Å². The first kappa shape index (κ1) is 18.1. The first-order valence-electron chi connectivity index (χ1n) is 8.46. The number of benzene rings is 1. The topological polar surface area (TPSA) is 73.2 Å². The minimum absolute atomic E-state index is 0.0149. The lowest BCUT2D eigenvalue weighted by atomic mass is 9.99. The van der Waals surface area contributed by atoms with Crippen molar-refractivity contribution in [2.45, 2.75) is 26.3 Å². The first-order valence-corrected chi connectivity index (χ1v) is 9.27. The van der Waals surface area contributed by atoms with Gasteiger partial charge in [0.25, 0.3) is 5.91 Å². The summed E-state index contributed by atoms with van der Waals surface area (Å²) in [7, 11) is 1.33. The minimum atomic E-state index is -0.662. The maximum atomic E-state index is 12.6. The highest BCUT2D eigenvalue weighted by Crippen LogP contribution is 2.26. The summed E-state index contributed by atoms with van der Waals surface area (Å²) in [5, 5.41) is 3.64. The molecule has 0 aliphatic heterocycles. The fourth-order valence-electron chi connectivity index (χ4n) is 2.65. The Kier molecular flexibility index (Phi) is 5.37. The SMILES string of the molecule is CC[C@@H](C)[C@H](NC(=O)c1ccc2nc(-n3cccc3)sc2c1)C(=O)OC. The number of hydrogen-bond donors (Lipinski definition) is 1. The van der Waals surface area contributed by atoms with Crippen LogP contribution in [0.1, 0.15) is 30.6 Å². The number of nitrogens with one attached hydrogen (secondary N) is 1. The van der Waals surface area contributed by atoms with Crippen LogP contribution in [-0.4, -0.2) is 34.6 Å². The van der Waals surface area contributed by atoms with Gasteiger partial charge in [0.1, 0.15) is 6.04 Å². The number of carbonyl (C=O) groups is 2. The molecular weight excluding hydrogens is 350 g/mol. The molecule has 1 N–H and O–H groups in total. The van der Waals surface area contributed by atoms with E-state index in [-0.39, 0.29) is 11.8 Å². The monoisotopic (exact) mass is 371 g/mol. The Bertz CT molecular complexity index is 917. The number of amides is 1. The van der Waals surface area contributed by atoms with Gasteiger partial charge in [-0.05, 0) is 36.2 Å². The summed E-state index contributed by atoms with van der Waals surface area (Å²) in [4.78, 5) is 29.2. The number of thiazole rings is 1. The summed E-state index contributed by atoms with van der Waals surface area (Å²) in [6.45, 7) is 3.89. The van der Waals surface area contributed by atoms with E-state index >= 15 is 0 Å². The number of fused-ring (bicyclic) bond motifs is 1. The lowest BCUT2D eigenvalue weighted by molar-refractivity contribution is -0.144. The Morgan fingerprint density at radius 2 is 2.04 bits per heavy atom. The van der Waals surface area contributed by atoms with Gasteiger partial charge in [0, 0.05) is 18.0 Å². The molecule has 3 rings (SSSR count). The van der Waals surface area contributed by atoms with Gasteiger partial charge in [-0.3, -0.25) is 4.79 Å². The zero-order valence-corrected chi connectivity index (χ0v) is 15.7. The lowest BCUT2D eigenvalue weighted by Gasteiger charge is -2.21. The van der Waals surface area contributed by atoms with Crippen LogP contribution < -0.4 is 5.32 Å². The van der Waals surface area contributed by atoms with Crippen LogP contribution in [0.5, 0.6) is 0 Å². The molecule has 0 bridgehead atoms. The fraction of sp³-hybridized carbons (Fsp3) is 0.316. The van der Waals surface area contributed by atoms with E-state index in [0.29, 0.717) is 5.56 Å². The normalized spacial score (nSPS) is 13.3. The van der Waals surface area contributed by atoms with Crippen LogP contribution in [0.2, 0.25) is 0 Å². The van der Waals surface area contributed by atoms with Gasteiger partial charge in [-0.15, -0.1) is 0 Å². The largest absolute Gasteiger partial charge is 0.467 e. The number of aromatic nitrogens is 2. The molecule has 7 heteroatoms. The predicted octanol–water partition coefficient (Wildman–Crippen LogP) is 3.40. The highest BCUT2D eigenvalue weighted by Gasteiger charge is 2.27. The van der Waals surface area contributed by atoms with Crippen molar-refractivity contribution < 1.29 is 14.3 Å². The maximum Gasteiger partial charge on any atom is 0.328 e. The number of esters is 1. The van der Waals surface area contributed by atoms with Crippen LogP contribution in [0, 0.1) is 5.92 Å². The standard InChI is InChI=1S/C19H21N3O3S/c1-4-12(2)16(18(24)25-3)21-17(23)13-7-8-14-15(11-13)26-19(20-14)22-9-5-6-10-22/h5-12,16H,4H2,1-3H3,(H,21,23)/t12-,16+/m1/s1. The van der Waals surface area contributed by atoms with E-state index < -0.39 is 12.0 Å². The molecule has 0 saturated heterocycles. The van der Waals surface area contributed by atoms with Gasteiger partial charge in [-0.1, -0.05) is 31.6 Å².